The van der Waals surface area contributed by atoms with Gasteiger partial charge in [0.15, 0.2) is 12.4 Å². The van der Waals surface area contributed by atoms with Gasteiger partial charge in [-0.1, -0.05) is 36.0 Å². The molecule has 8 nitrogen and oxygen atoms in total. The first-order chi connectivity index (χ1) is 15.8. The molecule has 2 aromatic heterocycles. The van der Waals surface area contributed by atoms with E-state index < -0.39 is 5.91 Å². The number of aromatic nitrogens is 3. The smallest absolute Gasteiger partial charge is 0.274 e. The first kappa shape index (κ1) is 24.1. The number of halogens is 2. The van der Waals surface area contributed by atoms with Crippen LogP contribution >= 0.6 is 23.2 Å². The largest absolute Gasteiger partial charge is 0.463 e. The lowest BCUT2D eigenvalue weighted by atomic mass is 10.1. The van der Waals surface area contributed by atoms with Crippen molar-refractivity contribution in [3.63, 3.8) is 0 Å². The Morgan fingerprint density at radius 3 is 2.73 bits per heavy atom. The second-order valence-electron chi connectivity index (χ2n) is 6.94. The number of aryl methyl sites for hydroxylation is 1. The first-order valence-corrected chi connectivity index (χ1v) is 10.8. The molecule has 2 N–H and O–H groups in total. The number of rotatable bonds is 8. The molecule has 170 valence electrons. The Morgan fingerprint density at radius 2 is 2.03 bits per heavy atom. The Balaban J connectivity index is 2.03. The van der Waals surface area contributed by atoms with Crippen LogP contribution in [0.1, 0.15) is 39.8 Å². The van der Waals surface area contributed by atoms with Gasteiger partial charge in [0.05, 0.1) is 16.3 Å². The van der Waals surface area contributed by atoms with Gasteiger partial charge in [-0.25, -0.2) is 9.67 Å². The molecular formula is C23H21Cl2N5O3. The standard InChI is InChI=1S/C23H21Cl2N5O3/c1-4-8-27-22(31)16-12-15(24)11-14(3)20(16)28-23(32)18-13-19(33-10-5-2)29-30(18)21-17(25)7-6-9-26-21/h2,6-7,9,11-13H,4,8,10H2,1,3H3,(H,27,31)(H,28,32). The number of benzene rings is 1. The molecule has 0 saturated carbocycles. The van der Waals surface area contributed by atoms with Crippen LogP contribution in [0.3, 0.4) is 0 Å². The summed E-state index contributed by atoms with van der Waals surface area (Å²) < 4.78 is 6.64. The second-order valence-corrected chi connectivity index (χ2v) is 7.78. The van der Waals surface area contributed by atoms with Crippen molar-refractivity contribution < 1.29 is 14.3 Å². The van der Waals surface area contributed by atoms with E-state index in [-0.39, 0.29) is 40.5 Å². The zero-order chi connectivity index (χ0) is 24.0. The van der Waals surface area contributed by atoms with Gasteiger partial charge in [-0.05, 0) is 43.2 Å². The molecule has 3 aromatic rings. The van der Waals surface area contributed by atoms with Crippen LogP contribution in [-0.4, -0.2) is 39.7 Å². The first-order valence-electron chi connectivity index (χ1n) is 10.0. The fourth-order valence-electron chi connectivity index (χ4n) is 3.00. The number of nitrogens with zero attached hydrogens (tertiary/aromatic N) is 3. The van der Waals surface area contributed by atoms with E-state index in [9.17, 15) is 9.59 Å². The SMILES string of the molecule is C#CCOc1cc(C(=O)Nc2c(C)cc(Cl)cc2C(=O)NCCC)n(-c2ncccc2Cl)n1. The zero-order valence-corrected chi connectivity index (χ0v) is 19.5. The number of terminal acetylenes is 1. The molecule has 2 amide bonds. The summed E-state index contributed by atoms with van der Waals surface area (Å²) in [5, 5.41) is 10.5. The molecule has 2 heterocycles. The molecule has 0 bridgehead atoms. The third-order valence-corrected chi connectivity index (χ3v) is 4.99. The van der Waals surface area contributed by atoms with Crippen LogP contribution in [0, 0.1) is 19.3 Å². The predicted molar refractivity (Wildman–Crippen MR) is 127 cm³/mol. The molecule has 0 aliphatic heterocycles. The maximum absolute atomic E-state index is 13.3. The van der Waals surface area contributed by atoms with E-state index in [1.54, 1.807) is 25.1 Å². The van der Waals surface area contributed by atoms with Gasteiger partial charge in [0.2, 0.25) is 5.88 Å². The quantitative estimate of drug-likeness (QED) is 0.463. The fraction of sp³-hybridized carbons (Fsp3) is 0.217. The van der Waals surface area contributed by atoms with Gasteiger partial charge in [0.1, 0.15) is 5.69 Å². The van der Waals surface area contributed by atoms with Crippen molar-refractivity contribution in [1.29, 1.82) is 0 Å². The van der Waals surface area contributed by atoms with E-state index in [2.05, 4.69) is 26.6 Å². The average Bonchev–Trinajstić information content (AvgIpc) is 3.22. The third kappa shape index (κ3) is 5.64. The van der Waals surface area contributed by atoms with Crippen LogP contribution in [0.5, 0.6) is 5.88 Å². The van der Waals surface area contributed by atoms with Crippen LogP contribution < -0.4 is 15.4 Å². The van der Waals surface area contributed by atoms with E-state index >= 15 is 0 Å². The zero-order valence-electron chi connectivity index (χ0n) is 18.0. The van der Waals surface area contributed by atoms with Crippen molar-refractivity contribution >= 4 is 40.7 Å². The highest BCUT2D eigenvalue weighted by atomic mass is 35.5. The summed E-state index contributed by atoms with van der Waals surface area (Å²) in [6.45, 7) is 4.13. The minimum Gasteiger partial charge on any atom is -0.463 e. The minimum absolute atomic E-state index is 0.0357. The number of hydrogen-bond donors (Lipinski definition) is 2. The fourth-order valence-corrected chi connectivity index (χ4v) is 3.48. The highest BCUT2D eigenvalue weighted by molar-refractivity contribution is 6.32. The maximum atomic E-state index is 13.3. The van der Waals surface area contributed by atoms with Crippen molar-refractivity contribution in [2.24, 2.45) is 0 Å². The van der Waals surface area contributed by atoms with Crippen LogP contribution in [0.25, 0.3) is 5.82 Å². The minimum atomic E-state index is -0.560. The van der Waals surface area contributed by atoms with E-state index in [4.69, 9.17) is 34.4 Å². The number of anilines is 1. The Morgan fingerprint density at radius 1 is 1.24 bits per heavy atom. The van der Waals surface area contributed by atoms with Gasteiger partial charge in [-0.15, -0.1) is 11.5 Å². The Bertz CT molecular complexity index is 1230. The summed E-state index contributed by atoms with van der Waals surface area (Å²) in [6.07, 6.45) is 7.54. The van der Waals surface area contributed by atoms with E-state index in [1.807, 2.05) is 6.92 Å². The molecule has 0 fully saturated rings. The summed E-state index contributed by atoms with van der Waals surface area (Å²) in [4.78, 5) is 30.2. The summed E-state index contributed by atoms with van der Waals surface area (Å²) in [5.74, 6) is 1.78. The van der Waals surface area contributed by atoms with E-state index in [1.165, 1.54) is 23.0 Å². The van der Waals surface area contributed by atoms with E-state index in [0.29, 0.717) is 22.8 Å². The van der Waals surface area contributed by atoms with Crippen LogP contribution in [0.2, 0.25) is 10.0 Å². The van der Waals surface area contributed by atoms with Crippen molar-refractivity contribution in [3.05, 3.63) is 63.4 Å². The Kier molecular flexibility index (Phi) is 7.93. The number of amides is 2. The normalized spacial score (nSPS) is 10.4. The summed E-state index contributed by atoms with van der Waals surface area (Å²) in [7, 11) is 0. The van der Waals surface area contributed by atoms with Gasteiger partial charge in [-0.3, -0.25) is 9.59 Å². The molecular weight excluding hydrogens is 465 g/mol. The van der Waals surface area contributed by atoms with Gasteiger partial charge < -0.3 is 15.4 Å². The van der Waals surface area contributed by atoms with Gasteiger partial charge in [-0.2, -0.15) is 0 Å². The Hall–Kier alpha value is -3.54. The molecule has 10 heteroatoms. The molecule has 33 heavy (non-hydrogen) atoms. The molecule has 0 saturated heterocycles. The van der Waals surface area contributed by atoms with Gasteiger partial charge in [0, 0.05) is 23.8 Å². The van der Waals surface area contributed by atoms with Crippen molar-refractivity contribution in [2.45, 2.75) is 20.3 Å². The van der Waals surface area contributed by atoms with Crippen LogP contribution in [0.4, 0.5) is 5.69 Å². The molecule has 0 aliphatic rings. The number of pyridine rings is 1. The highest BCUT2D eigenvalue weighted by Gasteiger charge is 2.23. The maximum Gasteiger partial charge on any atom is 0.274 e. The average molecular weight is 486 g/mol. The van der Waals surface area contributed by atoms with Crippen molar-refractivity contribution in [1.82, 2.24) is 20.1 Å². The molecule has 1 aromatic carbocycles. The second kappa shape index (κ2) is 10.9. The molecule has 0 spiro atoms. The number of hydrogen-bond acceptors (Lipinski definition) is 5. The predicted octanol–water partition coefficient (Wildman–Crippen LogP) is 4.29. The highest BCUT2D eigenvalue weighted by Crippen LogP contribution is 2.28. The van der Waals surface area contributed by atoms with Crippen LogP contribution in [-0.2, 0) is 0 Å². The number of ether oxygens (including phenoxy) is 1. The monoisotopic (exact) mass is 485 g/mol. The molecule has 0 aliphatic carbocycles. The number of nitrogens with one attached hydrogen (secondary N) is 2. The number of carbonyl (C=O) groups excluding carboxylic acids is 2. The van der Waals surface area contributed by atoms with Crippen molar-refractivity contribution in [3.8, 4) is 24.0 Å². The Labute approximate surface area is 201 Å². The molecule has 0 radical (unpaired) electrons. The van der Waals surface area contributed by atoms with Crippen LogP contribution in [0.15, 0.2) is 36.5 Å². The lowest BCUT2D eigenvalue weighted by Crippen LogP contribution is -2.26. The van der Waals surface area contributed by atoms with Gasteiger partial charge >= 0.3 is 0 Å². The lowest BCUT2D eigenvalue weighted by molar-refractivity contribution is 0.0954. The van der Waals surface area contributed by atoms with Crippen molar-refractivity contribution in [2.75, 3.05) is 18.5 Å². The third-order valence-electron chi connectivity index (χ3n) is 4.48. The summed E-state index contributed by atoms with van der Waals surface area (Å²) in [6, 6.07) is 7.85. The molecule has 3 rings (SSSR count). The summed E-state index contributed by atoms with van der Waals surface area (Å²) in [5.41, 5.74) is 1.26. The summed E-state index contributed by atoms with van der Waals surface area (Å²) >= 11 is 12.4. The lowest BCUT2D eigenvalue weighted by Gasteiger charge is -2.15. The number of carbonyl (C=O) groups is 2. The van der Waals surface area contributed by atoms with E-state index in [0.717, 1.165) is 6.42 Å². The molecule has 0 unspecified atom stereocenters. The van der Waals surface area contributed by atoms with Gasteiger partial charge in [0.25, 0.3) is 11.8 Å². The molecule has 0 atom stereocenters. The topological polar surface area (TPSA) is 98.1 Å².